The van der Waals surface area contributed by atoms with E-state index >= 15 is 0 Å². The van der Waals surface area contributed by atoms with Gasteiger partial charge in [0.2, 0.25) is 0 Å². The Labute approximate surface area is 102 Å². The summed E-state index contributed by atoms with van der Waals surface area (Å²) in [7, 11) is 0. The van der Waals surface area contributed by atoms with Crippen molar-refractivity contribution in [1.82, 2.24) is 10.2 Å². The monoisotopic (exact) mass is 233 g/mol. The fourth-order valence-corrected chi connectivity index (χ4v) is 1.92. The van der Waals surface area contributed by atoms with Crippen LogP contribution >= 0.6 is 0 Å². The van der Waals surface area contributed by atoms with Crippen LogP contribution in [0.15, 0.2) is 24.3 Å². The van der Waals surface area contributed by atoms with E-state index in [0.717, 1.165) is 38.3 Å². The van der Waals surface area contributed by atoms with Crippen molar-refractivity contribution in [3.63, 3.8) is 0 Å². The maximum Gasteiger partial charge on any atom is 0.317 e. The average Bonchev–Trinajstić information content (AvgIpc) is 2.76. The summed E-state index contributed by atoms with van der Waals surface area (Å²) in [6, 6.07) is 8.48. The molecule has 0 unspecified atom stereocenters. The standard InChI is InChI=1S/C13H19N3O/c1-2-11-3-5-12(6-4-11)14-7-9-16-10-8-15-13(16)17/h3-6,14H,2,7-10H2,1H3,(H,15,17). The first-order valence-corrected chi connectivity index (χ1v) is 6.15. The van der Waals surface area contributed by atoms with Crippen LogP contribution in [0.2, 0.25) is 0 Å². The lowest BCUT2D eigenvalue weighted by Gasteiger charge is -2.15. The van der Waals surface area contributed by atoms with Gasteiger partial charge < -0.3 is 15.5 Å². The molecular weight excluding hydrogens is 214 g/mol. The molecule has 1 aromatic rings. The fourth-order valence-electron chi connectivity index (χ4n) is 1.92. The Balaban J connectivity index is 1.75. The summed E-state index contributed by atoms with van der Waals surface area (Å²) in [5.74, 6) is 0. The Morgan fingerprint density at radius 1 is 1.35 bits per heavy atom. The molecule has 2 amide bonds. The van der Waals surface area contributed by atoms with Crippen LogP contribution in [-0.4, -0.2) is 37.1 Å². The number of hydrogen-bond donors (Lipinski definition) is 2. The van der Waals surface area contributed by atoms with Crippen molar-refractivity contribution in [3.05, 3.63) is 29.8 Å². The van der Waals surface area contributed by atoms with E-state index in [4.69, 9.17) is 0 Å². The van der Waals surface area contributed by atoms with Crippen molar-refractivity contribution in [2.45, 2.75) is 13.3 Å². The van der Waals surface area contributed by atoms with Crippen LogP contribution in [0.4, 0.5) is 10.5 Å². The van der Waals surface area contributed by atoms with Gasteiger partial charge in [-0.2, -0.15) is 0 Å². The predicted octanol–water partition coefficient (Wildman–Crippen LogP) is 1.69. The van der Waals surface area contributed by atoms with Gasteiger partial charge in [-0.1, -0.05) is 19.1 Å². The molecule has 17 heavy (non-hydrogen) atoms. The Bertz CT molecular complexity index is 375. The molecular formula is C13H19N3O. The van der Waals surface area contributed by atoms with Crippen LogP contribution in [0, 0.1) is 0 Å². The van der Waals surface area contributed by atoms with E-state index in [2.05, 4.69) is 41.8 Å². The molecule has 1 aromatic carbocycles. The molecule has 1 heterocycles. The number of carbonyl (C=O) groups is 1. The Morgan fingerprint density at radius 2 is 2.12 bits per heavy atom. The lowest BCUT2D eigenvalue weighted by molar-refractivity contribution is 0.219. The van der Waals surface area contributed by atoms with Crippen molar-refractivity contribution in [2.24, 2.45) is 0 Å². The topological polar surface area (TPSA) is 44.4 Å². The van der Waals surface area contributed by atoms with Gasteiger partial charge in [-0.25, -0.2) is 4.79 Å². The number of anilines is 1. The summed E-state index contributed by atoms with van der Waals surface area (Å²) in [6.45, 7) is 5.27. The molecule has 2 rings (SSSR count). The van der Waals surface area contributed by atoms with Gasteiger partial charge in [0.25, 0.3) is 0 Å². The summed E-state index contributed by atoms with van der Waals surface area (Å²) in [6.07, 6.45) is 1.06. The van der Waals surface area contributed by atoms with Gasteiger partial charge in [-0.15, -0.1) is 0 Å². The Morgan fingerprint density at radius 3 is 2.71 bits per heavy atom. The second kappa shape index (κ2) is 5.57. The van der Waals surface area contributed by atoms with Crippen LogP contribution in [0.25, 0.3) is 0 Å². The largest absolute Gasteiger partial charge is 0.383 e. The number of urea groups is 1. The molecule has 0 aromatic heterocycles. The van der Waals surface area contributed by atoms with Crippen molar-refractivity contribution < 1.29 is 4.79 Å². The van der Waals surface area contributed by atoms with Crippen molar-refractivity contribution in [2.75, 3.05) is 31.5 Å². The lowest BCUT2D eigenvalue weighted by atomic mass is 10.1. The van der Waals surface area contributed by atoms with Gasteiger partial charge in [-0.3, -0.25) is 0 Å². The maximum atomic E-state index is 11.3. The van der Waals surface area contributed by atoms with Crippen LogP contribution in [0.5, 0.6) is 0 Å². The first kappa shape index (κ1) is 11.8. The minimum Gasteiger partial charge on any atom is -0.383 e. The van der Waals surface area contributed by atoms with E-state index in [1.807, 2.05) is 4.90 Å². The van der Waals surface area contributed by atoms with Crippen molar-refractivity contribution in [1.29, 1.82) is 0 Å². The quantitative estimate of drug-likeness (QED) is 0.812. The number of hydrogen-bond acceptors (Lipinski definition) is 2. The third kappa shape index (κ3) is 3.12. The normalized spacial score (nSPS) is 14.9. The molecule has 1 fully saturated rings. The highest BCUT2D eigenvalue weighted by Crippen LogP contribution is 2.09. The highest BCUT2D eigenvalue weighted by atomic mass is 16.2. The summed E-state index contributed by atoms with van der Waals surface area (Å²) in [5.41, 5.74) is 2.45. The van der Waals surface area contributed by atoms with E-state index in [9.17, 15) is 4.79 Å². The van der Waals surface area contributed by atoms with Crippen LogP contribution < -0.4 is 10.6 Å². The molecule has 1 aliphatic heterocycles. The molecule has 0 spiro atoms. The van der Waals surface area contributed by atoms with E-state index in [0.29, 0.717) is 0 Å². The fraction of sp³-hybridized carbons (Fsp3) is 0.462. The predicted molar refractivity (Wildman–Crippen MR) is 69.3 cm³/mol. The molecule has 1 aliphatic rings. The van der Waals surface area contributed by atoms with Gasteiger partial charge in [-0.05, 0) is 24.1 Å². The first-order valence-electron chi connectivity index (χ1n) is 6.15. The summed E-state index contributed by atoms with van der Waals surface area (Å²) < 4.78 is 0. The number of aryl methyl sites for hydroxylation is 1. The first-order chi connectivity index (χ1) is 8.29. The molecule has 0 aliphatic carbocycles. The van der Waals surface area contributed by atoms with Crippen LogP contribution in [0.3, 0.4) is 0 Å². The smallest absolute Gasteiger partial charge is 0.317 e. The molecule has 0 radical (unpaired) electrons. The molecule has 4 heteroatoms. The Kier molecular flexibility index (Phi) is 3.85. The summed E-state index contributed by atoms with van der Waals surface area (Å²) >= 11 is 0. The zero-order valence-electron chi connectivity index (χ0n) is 10.2. The molecule has 2 N–H and O–H groups in total. The van der Waals surface area contributed by atoms with Gasteiger partial charge >= 0.3 is 6.03 Å². The SMILES string of the molecule is CCc1ccc(NCCN2CCNC2=O)cc1. The number of nitrogens with one attached hydrogen (secondary N) is 2. The van der Waals surface area contributed by atoms with Gasteiger partial charge in [0.1, 0.15) is 0 Å². The second-order valence-electron chi connectivity index (χ2n) is 4.20. The maximum absolute atomic E-state index is 11.3. The number of nitrogens with zero attached hydrogens (tertiary/aromatic N) is 1. The number of rotatable bonds is 5. The van der Waals surface area contributed by atoms with Crippen LogP contribution in [-0.2, 0) is 6.42 Å². The summed E-state index contributed by atoms with van der Waals surface area (Å²) in [5, 5.41) is 6.11. The third-order valence-electron chi connectivity index (χ3n) is 3.02. The van der Waals surface area contributed by atoms with Gasteiger partial charge in [0, 0.05) is 31.9 Å². The second-order valence-corrected chi connectivity index (χ2v) is 4.20. The summed E-state index contributed by atoms with van der Waals surface area (Å²) in [4.78, 5) is 13.1. The molecule has 0 atom stereocenters. The number of benzene rings is 1. The zero-order valence-corrected chi connectivity index (χ0v) is 10.2. The molecule has 0 saturated carbocycles. The van der Waals surface area contributed by atoms with E-state index < -0.39 is 0 Å². The highest BCUT2D eigenvalue weighted by molar-refractivity contribution is 5.76. The number of carbonyl (C=O) groups excluding carboxylic acids is 1. The van der Waals surface area contributed by atoms with E-state index in [1.165, 1.54) is 5.56 Å². The third-order valence-corrected chi connectivity index (χ3v) is 3.02. The highest BCUT2D eigenvalue weighted by Gasteiger charge is 2.17. The van der Waals surface area contributed by atoms with Crippen LogP contribution in [0.1, 0.15) is 12.5 Å². The van der Waals surface area contributed by atoms with Gasteiger partial charge in [0.15, 0.2) is 0 Å². The van der Waals surface area contributed by atoms with Crippen molar-refractivity contribution >= 4 is 11.7 Å². The Hall–Kier alpha value is -1.71. The zero-order chi connectivity index (χ0) is 12.1. The van der Waals surface area contributed by atoms with Crippen molar-refractivity contribution in [3.8, 4) is 0 Å². The lowest BCUT2D eigenvalue weighted by Crippen LogP contribution is -2.32. The van der Waals surface area contributed by atoms with Gasteiger partial charge in [0.05, 0.1) is 0 Å². The minimum absolute atomic E-state index is 0.0492. The average molecular weight is 233 g/mol. The molecule has 92 valence electrons. The van der Waals surface area contributed by atoms with E-state index in [-0.39, 0.29) is 6.03 Å². The molecule has 4 nitrogen and oxygen atoms in total. The molecule has 1 saturated heterocycles. The van der Waals surface area contributed by atoms with E-state index in [1.54, 1.807) is 0 Å². The number of amides is 2. The molecule has 0 bridgehead atoms. The minimum atomic E-state index is 0.0492.